The first-order valence-electron chi connectivity index (χ1n) is 20.4. The SMILES string of the molecule is CCc1ccc2nc(C)c3c(c2c1)CC[C@]1(C[C@H]2C(=O)N[C@]4(C(=O)NS(=O)(=O)C5(C)CC5)C[C@H]4/C=C\CCCCC[C@H](CC(=O)OC(C)(C)C(F)(F)F)C(=O)N2C1)O3. The minimum Gasteiger partial charge on any atom is -0.483 e. The van der Waals surface area contributed by atoms with Crippen LogP contribution in [0.25, 0.3) is 10.9 Å². The molecule has 0 bridgehead atoms. The second kappa shape index (κ2) is 14.8. The molecule has 3 aliphatic heterocycles. The van der Waals surface area contributed by atoms with E-state index in [-0.39, 0.29) is 25.8 Å². The number of rotatable bonds is 7. The van der Waals surface area contributed by atoms with Crippen LogP contribution in [0.1, 0.15) is 115 Å². The summed E-state index contributed by atoms with van der Waals surface area (Å²) < 4.78 is 80.5. The van der Waals surface area contributed by atoms with Crippen LogP contribution in [0, 0.1) is 18.8 Å². The molecule has 7 rings (SSSR count). The highest BCUT2D eigenvalue weighted by Crippen LogP contribution is 2.49. The zero-order chi connectivity index (χ0) is 42.1. The van der Waals surface area contributed by atoms with Crippen molar-refractivity contribution in [2.75, 3.05) is 6.54 Å². The zero-order valence-corrected chi connectivity index (χ0v) is 34.5. The smallest absolute Gasteiger partial charge is 0.427 e. The topological polar surface area (TPSA) is 161 Å². The van der Waals surface area contributed by atoms with Crippen LogP contribution in [-0.4, -0.2) is 82.2 Å². The van der Waals surface area contributed by atoms with Crippen molar-refractivity contribution in [1.29, 1.82) is 0 Å². The number of sulfonamides is 1. The highest BCUT2D eigenvalue weighted by Gasteiger charge is 2.64. The van der Waals surface area contributed by atoms with Crippen LogP contribution in [0.2, 0.25) is 0 Å². The summed E-state index contributed by atoms with van der Waals surface area (Å²) in [5.74, 6) is -4.42. The van der Waals surface area contributed by atoms with Gasteiger partial charge in [0.25, 0.3) is 5.91 Å². The Morgan fingerprint density at radius 2 is 1.84 bits per heavy atom. The number of ether oxygens (including phenoxy) is 2. The molecule has 0 unspecified atom stereocenters. The number of aryl methyl sites for hydroxylation is 3. The number of hydrogen-bond acceptors (Lipinski definition) is 9. The number of aromatic nitrogens is 1. The van der Waals surface area contributed by atoms with E-state index < -0.39 is 85.7 Å². The van der Waals surface area contributed by atoms with Crippen molar-refractivity contribution in [2.45, 2.75) is 152 Å². The van der Waals surface area contributed by atoms with Crippen molar-refractivity contribution in [3.63, 3.8) is 0 Å². The number of nitrogens with one attached hydrogen (secondary N) is 2. The Morgan fingerprint density at radius 1 is 1.10 bits per heavy atom. The predicted molar refractivity (Wildman–Crippen MR) is 208 cm³/mol. The number of carbonyl (C=O) groups excluding carboxylic acids is 4. The van der Waals surface area contributed by atoms with E-state index in [1.54, 1.807) is 6.92 Å². The van der Waals surface area contributed by atoms with Crippen molar-refractivity contribution < 1.29 is 50.2 Å². The van der Waals surface area contributed by atoms with Crippen LogP contribution < -0.4 is 14.8 Å². The lowest BCUT2D eigenvalue weighted by molar-refractivity contribution is -0.257. The van der Waals surface area contributed by atoms with Gasteiger partial charge in [-0.3, -0.25) is 23.9 Å². The van der Waals surface area contributed by atoms with E-state index in [0.29, 0.717) is 62.8 Å². The second-order valence-corrected chi connectivity index (χ2v) is 20.0. The van der Waals surface area contributed by atoms with E-state index in [4.69, 9.17) is 14.5 Å². The van der Waals surface area contributed by atoms with Crippen molar-refractivity contribution >= 4 is 44.6 Å². The summed E-state index contributed by atoms with van der Waals surface area (Å²) in [6, 6.07) is 4.88. The predicted octanol–water partition coefficient (Wildman–Crippen LogP) is 6.05. The molecule has 1 aromatic carbocycles. The first kappa shape index (κ1) is 41.9. The van der Waals surface area contributed by atoms with Gasteiger partial charge in [-0.15, -0.1) is 0 Å². The number of nitrogens with zero attached hydrogens (tertiary/aromatic N) is 2. The normalized spacial score (nSPS) is 29.2. The summed E-state index contributed by atoms with van der Waals surface area (Å²) in [6.07, 6.45) is 3.46. The molecule has 4 heterocycles. The quantitative estimate of drug-likeness (QED) is 0.250. The number of fused-ring (bicyclic) bond motifs is 5. The minimum absolute atomic E-state index is 0.00331. The Balaban J connectivity index is 1.24. The van der Waals surface area contributed by atoms with Crippen LogP contribution in [0.4, 0.5) is 13.2 Å². The largest absolute Gasteiger partial charge is 0.483 e. The summed E-state index contributed by atoms with van der Waals surface area (Å²) in [4.78, 5) is 62.7. The molecule has 5 aliphatic rings. The first-order valence-corrected chi connectivity index (χ1v) is 21.9. The third-order valence-corrected chi connectivity index (χ3v) is 15.2. The monoisotopic (exact) mass is 830 g/mol. The first-order chi connectivity index (χ1) is 27.1. The van der Waals surface area contributed by atoms with E-state index in [1.807, 2.05) is 31.2 Å². The van der Waals surface area contributed by atoms with Gasteiger partial charge in [0, 0.05) is 29.2 Å². The van der Waals surface area contributed by atoms with Crippen molar-refractivity contribution in [3.8, 4) is 5.75 Å². The lowest BCUT2D eigenvalue weighted by atomic mass is 9.87. The van der Waals surface area contributed by atoms with Crippen molar-refractivity contribution in [1.82, 2.24) is 19.9 Å². The number of amides is 3. The van der Waals surface area contributed by atoms with E-state index in [2.05, 4.69) is 23.0 Å². The minimum atomic E-state index is -4.85. The molecular formula is C42H53F3N4O8S. The molecular weight excluding hydrogens is 778 g/mol. The average Bonchev–Trinajstić information content (AvgIpc) is 4.04. The molecule has 1 saturated heterocycles. The number of esters is 1. The van der Waals surface area contributed by atoms with E-state index in [9.17, 15) is 40.8 Å². The Kier molecular flexibility index (Phi) is 10.7. The summed E-state index contributed by atoms with van der Waals surface area (Å²) in [5.41, 5.74) is -1.94. The molecule has 3 fully saturated rings. The number of hydrogen-bond donors (Lipinski definition) is 2. The fraction of sp³-hybridized carbons (Fsp3) is 0.643. The van der Waals surface area contributed by atoms with Crippen LogP contribution in [-0.2, 0) is 46.8 Å². The molecule has 1 spiro atoms. The Morgan fingerprint density at radius 3 is 2.53 bits per heavy atom. The third kappa shape index (κ3) is 7.81. The van der Waals surface area contributed by atoms with Gasteiger partial charge in [-0.2, -0.15) is 13.2 Å². The number of carbonyl (C=O) groups is 4. The van der Waals surface area contributed by atoms with E-state index in [0.717, 1.165) is 42.3 Å². The summed E-state index contributed by atoms with van der Waals surface area (Å²) in [7, 11) is -4.05. The lowest BCUT2D eigenvalue weighted by Crippen LogP contribution is -2.57. The van der Waals surface area contributed by atoms with Gasteiger partial charge in [0.05, 0.1) is 28.9 Å². The second-order valence-electron chi connectivity index (χ2n) is 17.8. The van der Waals surface area contributed by atoms with Crippen molar-refractivity contribution in [3.05, 3.63) is 47.2 Å². The summed E-state index contributed by atoms with van der Waals surface area (Å²) in [5, 5.41) is 3.82. The Labute approximate surface area is 337 Å². The van der Waals surface area contributed by atoms with Gasteiger partial charge in [0.2, 0.25) is 27.4 Å². The molecule has 0 radical (unpaired) electrons. The van der Waals surface area contributed by atoms with Gasteiger partial charge in [-0.25, -0.2) is 13.4 Å². The average molecular weight is 831 g/mol. The lowest BCUT2D eigenvalue weighted by Gasteiger charge is -2.37. The maximum Gasteiger partial charge on any atom is 0.427 e. The van der Waals surface area contributed by atoms with Gasteiger partial charge < -0.3 is 19.7 Å². The maximum absolute atomic E-state index is 14.8. The Bertz CT molecular complexity index is 2170. The Hall–Kier alpha value is -4.21. The van der Waals surface area contributed by atoms with Crippen LogP contribution in [0.3, 0.4) is 0 Å². The number of halogens is 3. The summed E-state index contributed by atoms with van der Waals surface area (Å²) in [6.45, 7) is 6.87. The molecule has 2 aliphatic carbocycles. The molecule has 58 heavy (non-hydrogen) atoms. The molecule has 5 atom stereocenters. The highest BCUT2D eigenvalue weighted by atomic mass is 32.2. The molecule has 1 aromatic heterocycles. The van der Waals surface area contributed by atoms with E-state index in [1.165, 1.54) is 4.90 Å². The summed E-state index contributed by atoms with van der Waals surface area (Å²) >= 11 is 0. The molecule has 2 saturated carbocycles. The van der Waals surface area contributed by atoms with Crippen LogP contribution >= 0.6 is 0 Å². The van der Waals surface area contributed by atoms with Crippen LogP contribution in [0.5, 0.6) is 5.75 Å². The number of allylic oxidation sites excluding steroid dienone is 1. The molecule has 2 aromatic rings. The number of alkyl halides is 3. The number of pyridine rings is 1. The molecule has 16 heteroatoms. The van der Waals surface area contributed by atoms with Crippen molar-refractivity contribution in [2.24, 2.45) is 11.8 Å². The molecule has 2 N–H and O–H groups in total. The van der Waals surface area contributed by atoms with Gasteiger partial charge in [0.1, 0.15) is 22.9 Å². The van der Waals surface area contributed by atoms with Gasteiger partial charge in [-0.05, 0) is 103 Å². The standard InChI is InChI=1S/C42H53F3N4O8S/c1-6-26-14-15-31-30(20-26)29-16-17-40(57-34(29)25(2)46-31)23-32-35(51)47-41(37(53)48-58(54,55)39(5)18-19-39)22-28(41)13-11-9-7-8-10-12-27(36(52)49(32)24-40)21-33(50)56-38(3,4)42(43,44)45/h11,13-15,20,27-28,32H,6-10,12,16-19,21-24H2,1-5H3,(H,47,51)(H,48,53)/b13-11-/t27-,28-,32+,40-,41-/m1/s1. The highest BCUT2D eigenvalue weighted by molar-refractivity contribution is 7.91. The van der Waals surface area contributed by atoms with Crippen LogP contribution in [0.15, 0.2) is 30.4 Å². The molecule has 3 amide bonds. The van der Waals surface area contributed by atoms with Gasteiger partial charge in [-0.1, -0.05) is 38.0 Å². The fourth-order valence-corrected chi connectivity index (χ4v) is 9.99. The zero-order valence-electron chi connectivity index (χ0n) is 33.7. The molecule has 12 nitrogen and oxygen atoms in total. The van der Waals surface area contributed by atoms with E-state index >= 15 is 0 Å². The van der Waals surface area contributed by atoms with Gasteiger partial charge in [0.15, 0.2) is 0 Å². The van der Waals surface area contributed by atoms with Gasteiger partial charge >= 0.3 is 12.1 Å². The molecule has 316 valence electrons. The number of benzene rings is 1. The maximum atomic E-state index is 14.8. The third-order valence-electron chi connectivity index (χ3n) is 13.0. The fourth-order valence-electron chi connectivity index (χ4n) is 8.68.